The van der Waals surface area contributed by atoms with Crippen LogP contribution in [-0.2, 0) is 12.8 Å². The average Bonchev–Trinajstić information content (AvgIpc) is 3.28. The summed E-state index contributed by atoms with van der Waals surface area (Å²) in [5.74, 6) is -0.471. The number of carbonyl (C=O) groups is 1. The molecule has 0 atom stereocenters. The van der Waals surface area contributed by atoms with Gasteiger partial charge in [-0.05, 0) is 34.0 Å². The minimum Gasteiger partial charge on any atom is -0.692 e. The summed E-state index contributed by atoms with van der Waals surface area (Å²) in [4.78, 5) is 14.8. The van der Waals surface area contributed by atoms with Crippen LogP contribution in [0.1, 0.15) is 21.7 Å². The molecule has 0 saturated carbocycles. The summed E-state index contributed by atoms with van der Waals surface area (Å²) < 4.78 is 4.63. The van der Waals surface area contributed by atoms with Crippen molar-refractivity contribution >= 4 is 11.6 Å². The second kappa shape index (κ2) is 6.58. The average molecular weight is 406 g/mol. The number of aromatic hydroxyl groups is 1. The minimum atomic E-state index is -0.482. The van der Waals surface area contributed by atoms with Gasteiger partial charge in [0.2, 0.25) is 5.69 Å². The van der Waals surface area contributed by atoms with Crippen LogP contribution in [0.25, 0.3) is 17.1 Å². The van der Waals surface area contributed by atoms with Crippen molar-refractivity contribution in [2.24, 2.45) is 0 Å². The smallest absolute Gasteiger partial charge is 0.303 e. The third-order valence-corrected chi connectivity index (χ3v) is 4.86. The van der Waals surface area contributed by atoms with Crippen LogP contribution in [0, 0.1) is 10.4 Å². The zero-order valence-corrected chi connectivity index (χ0v) is 15.3. The Morgan fingerprint density at radius 2 is 1.90 bits per heavy atom. The maximum absolute atomic E-state index is 12.9. The largest absolute Gasteiger partial charge is 0.692 e. The number of amides is 1. The summed E-state index contributed by atoms with van der Waals surface area (Å²) in [6, 6.07) is 12.6. The van der Waals surface area contributed by atoms with E-state index in [1.54, 1.807) is 36.4 Å². The van der Waals surface area contributed by atoms with E-state index in [9.17, 15) is 20.3 Å². The number of fused-ring (bicyclic) bond motifs is 3. The Balaban J connectivity index is 1.57. The lowest BCUT2D eigenvalue weighted by molar-refractivity contribution is -0.808. The van der Waals surface area contributed by atoms with E-state index < -0.39 is 5.91 Å². The Hall–Kier alpha value is -4.41. The van der Waals surface area contributed by atoms with E-state index in [0.717, 1.165) is 4.80 Å². The van der Waals surface area contributed by atoms with Crippen molar-refractivity contribution in [2.45, 2.75) is 12.8 Å². The molecule has 1 aliphatic rings. The van der Waals surface area contributed by atoms with Crippen molar-refractivity contribution in [1.29, 1.82) is 0 Å². The highest BCUT2D eigenvalue weighted by Crippen LogP contribution is 2.28. The Morgan fingerprint density at radius 3 is 2.73 bits per heavy atom. The van der Waals surface area contributed by atoms with Crippen molar-refractivity contribution < 1.29 is 24.3 Å². The highest BCUT2D eigenvalue weighted by Gasteiger charge is 2.39. The first kappa shape index (κ1) is 17.7. The fraction of sp³-hybridized carbons (Fsp3) is 0.105. The van der Waals surface area contributed by atoms with E-state index in [1.807, 2.05) is 0 Å². The molecule has 11 nitrogen and oxygen atoms in total. The molecular formula is C19H14N6O5. The standard InChI is InChI=1S/C19H14N6O5/c26-12-5-3-4-11(10-12)20-19(27)13-6-1-2-7-14(13)23-21-17-15(24(23)28)8-9-16-18(17)22-30-25(16)29/h1-7,10,26H,8-9H2,(H,20,27). The van der Waals surface area contributed by atoms with Gasteiger partial charge in [0.05, 0.1) is 15.8 Å². The highest BCUT2D eigenvalue weighted by atomic mass is 16.8. The molecule has 0 radical (unpaired) electrons. The Labute approximate surface area is 168 Å². The van der Waals surface area contributed by atoms with E-state index in [1.165, 1.54) is 12.1 Å². The minimum absolute atomic E-state index is 0.0114. The van der Waals surface area contributed by atoms with Crippen LogP contribution in [0.4, 0.5) is 5.69 Å². The number of benzene rings is 2. The molecule has 5 rings (SSSR count). The van der Waals surface area contributed by atoms with Gasteiger partial charge in [0, 0.05) is 24.6 Å². The summed E-state index contributed by atoms with van der Waals surface area (Å²) >= 11 is 0. The van der Waals surface area contributed by atoms with Gasteiger partial charge in [-0.1, -0.05) is 18.2 Å². The number of anilines is 1. The number of hydrogen-bond acceptors (Lipinski definition) is 7. The zero-order chi connectivity index (χ0) is 20.8. The molecule has 0 aliphatic heterocycles. The Morgan fingerprint density at radius 1 is 1.10 bits per heavy atom. The number of carbonyl (C=O) groups excluding carboxylic acids is 1. The van der Waals surface area contributed by atoms with Crippen LogP contribution in [0.5, 0.6) is 5.75 Å². The van der Waals surface area contributed by atoms with Crippen LogP contribution in [-0.4, -0.2) is 26.1 Å². The number of nitrogens with one attached hydrogen (secondary N) is 1. The van der Waals surface area contributed by atoms with Gasteiger partial charge in [-0.15, -0.1) is 4.85 Å². The monoisotopic (exact) mass is 406 g/mol. The third kappa shape index (κ3) is 2.71. The van der Waals surface area contributed by atoms with Crippen molar-refractivity contribution in [1.82, 2.24) is 15.1 Å². The van der Waals surface area contributed by atoms with Gasteiger partial charge in [0.15, 0.2) is 5.69 Å². The maximum atomic E-state index is 12.9. The van der Waals surface area contributed by atoms with Gasteiger partial charge in [-0.25, -0.2) is 0 Å². The summed E-state index contributed by atoms with van der Waals surface area (Å²) in [5, 5.41) is 44.9. The zero-order valence-electron chi connectivity index (χ0n) is 15.3. The molecule has 2 heterocycles. The highest BCUT2D eigenvalue weighted by molar-refractivity contribution is 6.06. The Bertz CT molecular complexity index is 1290. The number of hydrogen-bond donors (Lipinski definition) is 2. The molecule has 0 fully saturated rings. The van der Waals surface area contributed by atoms with Gasteiger partial charge in [0.25, 0.3) is 5.91 Å². The van der Waals surface area contributed by atoms with E-state index >= 15 is 0 Å². The van der Waals surface area contributed by atoms with Gasteiger partial charge in [0.1, 0.15) is 11.4 Å². The molecule has 0 bridgehead atoms. The second-order valence-electron chi connectivity index (χ2n) is 6.70. The number of phenolic OH excluding ortho intramolecular Hbond substituents is 1. The molecule has 2 aromatic carbocycles. The maximum Gasteiger partial charge on any atom is 0.303 e. The molecule has 0 saturated heterocycles. The molecular weight excluding hydrogens is 392 g/mol. The SMILES string of the molecule is O=C(Nc1cccc(O)c1)c1ccccc1-n1nc2c([n+]1[O-])CCc1c-2no[n+]1[O-]. The van der Waals surface area contributed by atoms with E-state index in [4.69, 9.17) is 0 Å². The molecule has 2 N–H and O–H groups in total. The lowest BCUT2D eigenvalue weighted by Gasteiger charge is -2.11. The number of aromatic nitrogens is 5. The normalized spacial score (nSPS) is 12.3. The third-order valence-electron chi connectivity index (χ3n) is 4.86. The van der Waals surface area contributed by atoms with Crippen molar-refractivity contribution in [3.05, 3.63) is 75.9 Å². The van der Waals surface area contributed by atoms with Crippen molar-refractivity contribution in [2.75, 3.05) is 5.32 Å². The first-order valence-corrected chi connectivity index (χ1v) is 9.03. The molecule has 30 heavy (non-hydrogen) atoms. The second-order valence-corrected chi connectivity index (χ2v) is 6.70. The molecule has 1 aliphatic carbocycles. The summed E-state index contributed by atoms with van der Waals surface area (Å²) in [6.45, 7) is 0. The van der Waals surface area contributed by atoms with E-state index in [2.05, 4.69) is 20.2 Å². The summed E-state index contributed by atoms with van der Waals surface area (Å²) in [7, 11) is 0. The van der Waals surface area contributed by atoms with Crippen LogP contribution in [0.2, 0.25) is 0 Å². The molecule has 0 unspecified atom stereocenters. The predicted molar refractivity (Wildman–Crippen MR) is 100 cm³/mol. The molecule has 150 valence electrons. The van der Waals surface area contributed by atoms with Crippen molar-refractivity contribution in [3.8, 4) is 22.8 Å². The van der Waals surface area contributed by atoms with E-state index in [0.29, 0.717) is 33.2 Å². The van der Waals surface area contributed by atoms with Crippen LogP contribution in [0.3, 0.4) is 0 Å². The van der Waals surface area contributed by atoms with Gasteiger partial charge in [-0.3, -0.25) is 9.42 Å². The number of rotatable bonds is 3. The lowest BCUT2D eigenvalue weighted by atomic mass is 10.0. The molecule has 11 heteroatoms. The first-order chi connectivity index (χ1) is 14.5. The quantitative estimate of drug-likeness (QED) is 0.379. The fourth-order valence-electron chi connectivity index (χ4n) is 3.46. The fourth-order valence-corrected chi connectivity index (χ4v) is 3.46. The van der Waals surface area contributed by atoms with Gasteiger partial charge in [-0.2, -0.15) is 0 Å². The van der Waals surface area contributed by atoms with Crippen LogP contribution >= 0.6 is 0 Å². The molecule has 2 aromatic heterocycles. The summed E-state index contributed by atoms with van der Waals surface area (Å²) in [6.07, 6.45) is 0.579. The molecule has 0 spiro atoms. The summed E-state index contributed by atoms with van der Waals surface area (Å²) in [5.41, 5.74) is 1.95. The molecule has 1 amide bonds. The molecule has 4 aromatic rings. The first-order valence-electron chi connectivity index (χ1n) is 9.03. The predicted octanol–water partition coefficient (Wildman–Crippen LogP) is 0.851. The van der Waals surface area contributed by atoms with E-state index in [-0.39, 0.29) is 34.8 Å². The number of phenols is 1. The van der Waals surface area contributed by atoms with Crippen LogP contribution in [0.15, 0.2) is 53.2 Å². The van der Waals surface area contributed by atoms with Crippen molar-refractivity contribution in [3.63, 3.8) is 0 Å². The number of para-hydroxylation sites is 1. The Kier molecular flexibility index (Phi) is 3.88. The van der Waals surface area contributed by atoms with Gasteiger partial charge >= 0.3 is 11.4 Å². The topological polar surface area (TPSA) is 147 Å². The van der Waals surface area contributed by atoms with Gasteiger partial charge < -0.3 is 20.8 Å². The lowest BCUT2D eigenvalue weighted by Crippen LogP contribution is -2.42. The number of nitrogens with zero attached hydrogens (tertiary/aromatic N) is 5. The van der Waals surface area contributed by atoms with Crippen LogP contribution < -0.4 is 15.1 Å².